The molecule has 0 rings (SSSR count). The zero-order valence-electron chi connectivity index (χ0n) is 6.11. The smallest absolute Gasteiger partial charge is 0.1000 e. The Morgan fingerprint density at radius 1 is 1.50 bits per heavy atom. The summed E-state index contributed by atoms with van der Waals surface area (Å²) in [5.41, 5.74) is 0. The summed E-state index contributed by atoms with van der Waals surface area (Å²) in [6, 6.07) is 0. The van der Waals surface area contributed by atoms with Crippen molar-refractivity contribution in [3.8, 4) is 0 Å². The number of rotatable bonds is 4. The zero-order chi connectivity index (χ0) is 7.82. The molecule has 0 aromatic carbocycles. The summed E-state index contributed by atoms with van der Waals surface area (Å²) < 4.78 is 23.7. The van der Waals surface area contributed by atoms with Gasteiger partial charge in [-0.3, -0.25) is 0 Å². The van der Waals surface area contributed by atoms with Crippen LogP contribution in [0.1, 0.15) is 26.2 Å². The highest BCUT2D eigenvalue weighted by Crippen LogP contribution is 2.07. The molecular formula is C8H12F2. The lowest BCUT2D eigenvalue weighted by atomic mass is 10.2. The van der Waals surface area contributed by atoms with Gasteiger partial charge in [0.2, 0.25) is 0 Å². The maximum absolute atomic E-state index is 12.4. The molecule has 0 aromatic rings. The molecule has 10 heavy (non-hydrogen) atoms. The standard InChI is InChI=1S/C8H12F2/c1-2-3-5-8(10)6-4-7-9/h4,6-7H,2-3,5H2,1H3. The number of unbranched alkanes of at least 4 members (excludes halogenated alkanes) is 1. The number of hydrogen-bond acceptors (Lipinski definition) is 0. The maximum Gasteiger partial charge on any atom is 0.1000 e. The third kappa shape index (κ3) is 5.48. The Morgan fingerprint density at radius 3 is 2.70 bits per heavy atom. The van der Waals surface area contributed by atoms with Crippen molar-refractivity contribution in [3.63, 3.8) is 0 Å². The lowest BCUT2D eigenvalue weighted by Crippen LogP contribution is -1.73. The summed E-state index contributed by atoms with van der Waals surface area (Å²) in [4.78, 5) is 0. The van der Waals surface area contributed by atoms with E-state index >= 15 is 0 Å². The van der Waals surface area contributed by atoms with E-state index in [9.17, 15) is 8.78 Å². The summed E-state index contributed by atoms with van der Waals surface area (Å²) in [5, 5.41) is 0. The molecule has 0 aromatic heterocycles. The van der Waals surface area contributed by atoms with Crippen molar-refractivity contribution < 1.29 is 8.78 Å². The topological polar surface area (TPSA) is 0 Å². The Hall–Kier alpha value is -0.660. The molecule has 0 unspecified atom stereocenters. The van der Waals surface area contributed by atoms with Crippen LogP contribution in [0.25, 0.3) is 0 Å². The Kier molecular flexibility index (Phi) is 6.03. The van der Waals surface area contributed by atoms with E-state index in [-0.39, 0.29) is 5.83 Å². The molecule has 0 aliphatic carbocycles. The first-order valence-electron chi connectivity index (χ1n) is 3.42. The molecule has 0 fully saturated rings. The van der Waals surface area contributed by atoms with E-state index in [0.29, 0.717) is 12.8 Å². The van der Waals surface area contributed by atoms with E-state index in [1.807, 2.05) is 6.92 Å². The van der Waals surface area contributed by atoms with Gasteiger partial charge >= 0.3 is 0 Å². The van der Waals surface area contributed by atoms with Crippen molar-refractivity contribution in [1.29, 1.82) is 0 Å². The monoisotopic (exact) mass is 146 g/mol. The highest BCUT2D eigenvalue weighted by molar-refractivity contribution is 5.04. The van der Waals surface area contributed by atoms with Gasteiger partial charge in [0.1, 0.15) is 0 Å². The molecule has 0 atom stereocenters. The van der Waals surface area contributed by atoms with E-state index in [1.165, 1.54) is 0 Å². The molecular weight excluding hydrogens is 134 g/mol. The van der Waals surface area contributed by atoms with Gasteiger partial charge in [0, 0.05) is 0 Å². The molecule has 0 bridgehead atoms. The van der Waals surface area contributed by atoms with Gasteiger partial charge in [-0.15, -0.1) is 0 Å². The van der Waals surface area contributed by atoms with Crippen LogP contribution >= 0.6 is 0 Å². The van der Waals surface area contributed by atoms with Crippen LogP contribution in [0, 0.1) is 0 Å². The maximum atomic E-state index is 12.4. The normalized spacial score (nSPS) is 12.9. The summed E-state index contributed by atoms with van der Waals surface area (Å²) in [6.07, 6.45) is 4.73. The summed E-state index contributed by atoms with van der Waals surface area (Å²) in [5.74, 6) is -0.254. The van der Waals surface area contributed by atoms with Gasteiger partial charge in [-0.05, 0) is 25.0 Å². The van der Waals surface area contributed by atoms with Crippen LogP contribution in [0.5, 0.6) is 0 Å². The minimum absolute atomic E-state index is 0.254. The second kappa shape index (κ2) is 6.46. The first-order valence-corrected chi connectivity index (χ1v) is 3.42. The molecule has 0 aliphatic rings. The molecule has 0 saturated heterocycles. The van der Waals surface area contributed by atoms with Gasteiger partial charge in [0.05, 0.1) is 12.2 Å². The van der Waals surface area contributed by atoms with E-state index in [1.54, 1.807) is 0 Å². The molecule has 0 nitrogen and oxygen atoms in total. The van der Waals surface area contributed by atoms with Gasteiger partial charge in [0.15, 0.2) is 0 Å². The van der Waals surface area contributed by atoms with E-state index in [4.69, 9.17) is 0 Å². The zero-order valence-corrected chi connectivity index (χ0v) is 6.11. The van der Waals surface area contributed by atoms with Crippen molar-refractivity contribution in [2.24, 2.45) is 0 Å². The molecule has 0 amide bonds. The Labute approximate surface area is 60.2 Å². The minimum Gasteiger partial charge on any atom is -0.216 e. The second-order valence-electron chi connectivity index (χ2n) is 2.04. The molecule has 0 spiro atoms. The lowest BCUT2D eigenvalue weighted by molar-refractivity contribution is 0.570. The van der Waals surface area contributed by atoms with E-state index in [0.717, 1.165) is 25.0 Å². The largest absolute Gasteiger partial charge is 0.216 e. The summed E-state index contributed by atoms with van der Waals surface area (Å²) in [7, 11) is 0. The van der Waals surface area contributed by atoms with Crippen molar-refractivity contribution in [3.05, 3.63) is 24.3 Å². The number of halogens is 2. The Morgan fingerprint density at radius 2 is 2.20 bits per heavy atom. The molecule has 0 saturated carbocycles. The molecule has 0 heterocycles. The molecule has 58 valence electrons. The van der Waals surface area contributed by atoms with E-state index < -0.39 is 0 Å². The van der Waals surface area contributed by atoms with E-state index in [2.05, 4.69) is 0 Å². The minimum atomic E-state index is -0.254. The molecule has 0 N–H and O–H groups in total. The Bertz CT molecular complexity index is 125. The molecule has 0 aliphatic heterocycles. The van der Waals surface area contributed by atoms with Crippen LogP contribution < -0.4 is 0 Å². The fourth-order valence-electron chi connectivity index (χ4n) is 0.570. The fraction of sp³-hybridized carbons (Fsp3) is 0.500. The molecule has 0 radical (unpaired) electrons. The van der Waals surface area contributed by atoms with Gasteiger partial charge < -0.3 is 0 Å². The second-order valence-corrected chi connectivity index (χ2v) is 2.04. The van der Waals surface area contributed by atoms with Crippen LogP contribution in [0.15, 0.2) is 24.3 Å². The quantitative estimate of drug-likeness (QED) is 0.532. The third-order valence-electron chi connectivity index (χ3n) is 1.12. The van der Waals surface area contributed by atoms with Gasteiger partial charge in [0.25, 0.3) is 0 Å². The molecule has 2 heteroatoms. The summed E-state index contributed by atoms with van der Waals surface area (Å²) >= 11 is 0. The van der Waals surface area contributed by atoms with Crippen LogP contribution in [-0.4, -0.2) is 0 Å². The van der Waals surface area contributed by atoms with Gasteiger partial charge in [-0.1, -0.05) is 13.3 Å². The highest BCUT2D eigenvalue weighted by Gasteiger charge is 1.90. The van der Waals surface area contributed by atoms with Crippen molar-refractivity contribution in [2.45, 2.75) is 26.2 Å². The van der Waals surface area contributed by atoms with Gasteiger partial charge in [-0.2, -0.15) is 0 Å². The third-order valence-corrected chi connectivity index (χ3v) is 1.12. The predicted molar refractivity (Wildman–Crippen MR) is 39.0 cm³/mol. The van der Waals surface area contributed by atoms with Crippen molar-refractivity contribution in [1.82, 2.24) is 0 Å². The summed E-state index contributed by atoms with van der Waals surface area (Å²) in [6.45, 7) is 1.98. The fourth-order valence-corrected chi connectivity index (χ4v) is 0.570. The lowest BCUT2D eigenvalue weighted by Gasteiger charge is -1.91. The van der Waals surface area contributed by atoms with Crippen molar-refractivity contribution in [2.75, 3.05) is 0 Å². The highest BCUT2D eigenvalue weighted by atomic mass is 19.1. The van der Waals surface area contributed by atoms with Gasteiger partial charge in [-0.25, -0.2) is 8.78 Å². The van der Waals surface area contributed by atoms with Crippen LogP contribution in [0.4, 0.5) is 8.78 Å². The number of hydrogen-bond donors (Lipinski definition) is 0. The van der Waals surface area contributed by atoms with Crippen LogP contribution in [0.2, 0.25) is 0 Å². The first-order chi connectivity index (χ1) is 4.81. The number of allylic oxidation sites excluding steroid dienone is 3. The van der Waals surface area contributed by atoms with Crippen LogP contribution in [-0.2, 0) is 0 Å². The predicted octanol–water partition coefficient (Wildman–Crippen LogP) is 3.51. The Balaban J connectivity index is 3.49. The SMILES string of the molecule is CCCCC(F)=CC=CF. The first kappa shape index (κ1) is 9.34. The average Bonchev–Trinajstić information content (AvgIpc) is 1.97. The van der Waals surface area contributed by atoms with Crippen LogP contribution in [0.3, 0.4) is 0 Å². The van der Waals surface area contributed by atoms with Crippen molar-refractivity contribution >= 4 is 0 Å². The average molecular weight is 146 g/mol.